The lowest BCUT2D eigenvalue weighted by Crippen LogP contribution is -2.30. The fourth-order valence-corrected chi connectivity index (χ4v) is 9.78. The van der Waals surface area contributed by atoms with Gasteiger partial charge in [0, 0.05) is 19.3 Å². The maximum absolute atomic E-state index is 12.9. The van der Waals surface area contributed by atoms with E-state index in [1.54, 1.807) is 0 Å². The van der Waals surface area contributed by atoms with Crippen molar-refractivity contribution in [3.8, 4) is 0 Å². The highest BCUT2D eigenvalue weighted by Crippen LogP contribution is 2.17. The van der Waals surface area contributed by atoms with Crippen LogP contribution in [0, 0.1) is 0 Å². The van der Waals surface area contributed by atoms with Crippen molar-refractivity contribution in [1.29, 1.82) is 0 Å². The van der Waals surface area contributed by atoms with Crippen LogP contribution in [0.4, 0.5) is 0 Å². The lowest BCUT2D eigenvalue weighted by Gasteiger charge is -2.18. The van der Waals surface area contributed by atoms with Crippen molar-refractivity contribution < 1.29 is 28.6 Å². The molecule has 0 spiro atoms. The van der Waals surface area contributed by atoms with Gasteiger partial charge in [-0.1, -0.05) is 304 Å². The zero-order valence-corrected chi connectivity index (χ0v) is 54.0. The Kier molecular flexibility index (Phi) is 66.2. The van der Waals surface area contributed by atoms with E-state index in [4.69, 9.17) is 14.2 Å². The molecule has 0 aromatic carbocycles. The van der Waals surface area contributed by atoms with Gasteiger partial charge in [0.25, 0.3) is 0 Å². The summed E-state index contributed by atoms with van der Waals surface area (Å²) >= 11 is 0. The Hall–Kier alpha value is -3.93. The molecule has 0 rings (SSSR count). The average Bonchev–Trinajstić information content (AvgIpc) is 3.47. The van der Waals surface area contributed by atoms with Crippen molar-refractivity contribution in [3.63, 3.8) is 0 Å². The van der Waals surface area contributed by atoms with E-state index in [-0.39, 0.29) is 31.1 Å². The standard InChI is InChI=1S/C76H130O6/c1-4-7-10-13-16-19-22-25-27-29-31-32-33-34-35-36-37-38-39-40-41-42-43-44-45-47-48-51-54-57-60-63-66-69-75(78)81-72-73(71-80-74(77)68-65-62-59-56-53-50-24-21-18-15-12-9-6-3)82-76(79)70-67-64-61-58-55-52-49-46-30-28-26-23-20-17-14-11-8-5-2/h7,10,12,15-16,19-21,23-25,27-28,30-32,34-35,73H,4-6,8-9,11,13-14,17-18,22,26,29,33,36-72H2,1-3H3/b10-7-,15-12-,19-16-,23-20-,24-21-,27-25-,30-28-,32-31-,35-34-. The molecule has 470 valence electrons. The van der Waals surface area contributed by atoms with Crippen LogP contribution in [0.15, 0.2) is 109 Å². The first-order chi connectivity index (χ1) is 40.5. The fourth-order valence-electron chi connectivity index (χ4n) is 9.78. The van der Waals surface area contributed by atoms with Crippen LogP contribution in [0.25, 0.3) is 0 Å². The first-order valence-corrected chi connectivity index (χ1v) is 34.9. The molecule has 6 heteroatoms. The van der Waals surface area contributed by atoms with Crippen molar-refractivity contribution in [2.45, 2.75) is 341 Å². The van der Waals surface area contributed by atoms with Crippen molar-refractivity contribution in [3.05, 3.63) is 109 Å². The number of ether oxygens (including phenoxy) is 3. The maximum atomic E-state index is 12.9. The Bertz CT molecular complexity index is 1640. The van der Waals surface area contributed by atoms with Gasteiger partial charge in [-0.2, -0.15) is 0 Å². The third-order valence-corrected chi connectivity index (χ3v) is 15.0. The van der Waals surface area contributed by atoms with Crippen LogP contribution < -0.4 is 0 Å². The molecule has 0 saturated heterocycles. The first kappa shape index (κ1) is 78.1. The predicted molar refractivity (Wildman–Crippen MR) is 357 cm³/mol. The molecule has 1 atom stereocenters. The van der Waals surface area contributed by atoms with E-state index in [1.807, 2.05) is 0 Å². The SMILES string of the molecule is CC/C=C\C/C=C\C/C=C\C/C=C\C/C=C\CCCCCCCCCCCCCCCCCCCC(=O)OCC(COC(=O)CCCCCCC/C=C\C/C=C\CCC)OC(=O)CCCCCCCCC/C=C\C/C=C\CCCCCC. The zero-order valence-electron chi connectivity index (χ0n) is 54.0. The number of hydrogen-bond donors (Lipinski definition) is 0. The average molecular weight is 1140 g/mol. The van der Waals surface area contributed by atoms with Crippen LogP contribution in [0.3, 0.4) is 0 Å². The Balaban J connectivity index is 4.20. The van der Waals surface area contributed by atoms with Gasteiger partial charge in [-0.05, 0) is 122 Å². The largest absolute Gasteiger partial charge is 0.462 e. The Morgan fingerprint density at radius 1 is 0.256 bits per heavy atom. The summed E-state index contributed by atoms with van der Waals surface area (Å²) < 4.78 is 16.9. The lowest BCUT2D eigenvalue weighted by atomic mass is 10.0. The number of allylic oxidation sites excluding steroid dienone is 18. The van der Waals surface area contributed by atoms with E-state index in [9.17, 15) is 14.4 Å². The predicted octanol–water partition coefficient (Wildman–Crippen LogP) is 24.2. The summed E-state index contributed by atoms with van der Waals surface area (Å²) in [5, 5.41) is 0. The van der Waals surface area contributed by atoms with Gasteiger partial charge in [-0.25, -0.2) is 0 Å². The van der Waals surface area contributed by atoms with Crippen LogP contribution in [0.2, 0.25) is 0 Å². The third kappa shape index (κ3) is 66.9. The van der Waals surface area contributed by atoms with E-state index in [2.05, 4.69) is 130 Å². The minimum Gasteiger partial charge on any atom is -0.462 e. The maximum Gasteiger partial charge on any atom is 0.306 e. The Labute approximate surface area is 508 Å². The van der Waals surface area contributed by atoms with Crippen LogP contribution in [-0.2, 0) is 28.6 Å². The molecule has 0 aromatic rings. The highest BCUT2D eigenvalue weighted by Gasteiger charge is 2.19. The van der Waals surface area contributed by atoms with Gasteiger partial charge in [0.05, 0.1) is 0 Å². The molecule has 0 saturated carbocycles. The molecular formula is C76H130O6. The van der Waals surface area contributed by atoms with E-state index in [0.29, 0.717) is 19.3 Å². The smallest absolute Gasteiger partial charge is 0.306 e. The van der Waals surface area contributed by atoms with Gasteiger partial charge in [0.15, 0.2) is 6.10 Å². The summed E-state index contributed by atoms with van der Waals surface area (Å²) in [6.45, 7) is 6.46. The molecule has 0 aromatic heterocycles. The van der Waals surface area contributed by atoms with Crippen molar-refractivity contribution in [1.82, 2.24) is 0 Å². The summed E-state index contributed by atoms with van der Waals surface area (Å²) in [6, 6.07) is 0. The van der Waals surface area contributed by atoms with Crippen LogP contribution in [-0.4, -0.2) is 37.2 Å². The number of esters is 3. The number of carbonyl (C=O) groups excluding carboxylic acids is 3. The molecular weight excluding hydrogens is 1010 g/mol. The summed E-state index contributed by atoms with van der Waals surface area (Å²) in [4.78, 5) is 38.4. The Morgan fingerprint density at radius 3 is 0.793 bits per heavy atom. The molecule has 1 unspecified atom stereocenters. The molecule has 6 nitrogen and oxygen atoms in total. The molecule has 82 heavy (non-hydrogen) atoms. The van der Waals surface area contributed by atoms with E-state index < -0.39 is 6.10 Å². The number of rotatable bonds is 63. The second-order valence-corrected chi connectivity index (χ2v) is 23.1. The molecule has 0 amide bonds. The summed E-state index contributed by atoms with van der Waals surface area (Å²) in [6.07, 6.45) is 95.5. The third-order valence-electron chi connectivity index (χ3n) is 15.0. The fraction of sp³-hybridized carbons (Fsp3) is 0.724. The van der Waals surface area contributed by atoms with Crippen LogP contribution in [0.5, 0.6) is 0 Å². The summed E-state index contributed by atoms with van der Waals surface area (Å²) in [5.74, 6) is -0.893. The number of unbranched alkanes of at least 4 members (excludes halogenated alkanes) is 34. The monoisotopic (exact) mass is 1140 g/mol. The lowest BCUT2D eigenvalue weighted by molar-refractivity contribution is -0.167. The highest BCUT2D eigenvalue weighted by atomic mass is 16.6. The van der Waals surface area contributed by atoms with Gasteiger partial charge < -0.3 is 14.2 Å². The molecule has 0 radical (unpaired) electrons. The molecule has 0 bridgehead atoms. The number of hydrogen-bond acceptors (Lipinski definition) is 6. The van der Waals surface area contributed by atoms with Gasteiger partial charge in [-0.15, -0.1) is 0 Å². The molecule has 0 aliphatic carbocycles. The first-order valence-electron chi connectivity index (χ1n) is 34.9. The topological polar surface area (TPSA) is 78.9 Å². The summed E-state index contributed by atoms with van der Waals surface area (Å²) in [7, 11) is 0. The molecule has 0 aliphatic rings. The van der Waals surface area contributed by atoms with E-state index in [0.717, 1.165) is 135 Å². The minimum absolute atomic E-state index is 0.0835. The van der Waals surface area contributed by atoms with Gasteiger partial charge >= 0.3 is 17.9 Å². The van der Waals surface area contributed by atoms with Crippen molar-refractivity contribution in [2.24, 2.45) is 0 Å². The second kappa shape index (κ2) is 69.6. The molecule has 0 fully saturated rings. The van der Waals surface area contributed by atoms with Crippen LogP contribution in [0.1, 0.15) is 335 Å². The summed E-state index contributed by atoms with van der Waals surface area (Å²) in [5.41, 5.74) is 0. The molecule has 0 aliphatic heterocycles. The molecule has 0 heterocycles. The van der Waals surface area contributed by atoms with E-state index >= 15 is 0 Å². The van der Waals surface area contributed by atoms with Gasteiger partial charge in [0.1, 0.15) is 13.2 Å². The normalized spacial score (nSPS) is 12.8. The zero-order chi connectivity index (χ0) is 59.2. The van der Waals surface area contributed by atoms with Gasteiger partial charge in [0.2, 0.25) is 0 Å². The molecule has 0 N–H and O–H groups in total. The van der Waals surface area contributed by atoms with Crippen LogP contribution >= 0.6 is 0 Å². The van der Waals surface area contributed by atoms with E-state index in [1.165, 1.54) is 161 Å². The van der Waals surface area contributed by atoms with Gasteiger partial charge in [-0.3, -0.25) is 14.4 Å². The quantitative estimate of drug-likeness (QED) is 0.0261. The minimum atomic E-state index is -0.789. The number of carbonyl (C=O) groups is 3. The Morgan fingerprint density at radius 2 is 0.500 bits per heavy atom. The second-order valence-electron chi connectivity index (χ2n) is 23.1. The van der Waals surface area contributed by atoms with Crippen molar-refractivity contribution in [2.75, 3.05) is 13.2 Å². The highest BCUT2D eigenvalue weighted by molar-refractivity contribution is 5.71. The van der Waals surface area contributed by atoms with Crippen molar-refractivity contribution >= 4 is 17.9 Å².